The first-order valence-corrected chi connectivity index (χ1v) is 8.88. The van der Waals surface area contributed by atoms with Crippen LogP contribution in [0.25, 0.3) is 11.1 Å². The molecule has 3 aromatic rings. The molecule has 2 N–H and O–H groups in total. The van der Waals surface area contributed by atoms with Crippen LogP contribution in [0.1, 0.15) is 30.2 Å². The average Bonchev–Trinajstić information content (AvgIpc) is 3.45. The van der Waals surface area contributed by atoms with Gasteiger partial charge >= 0.3 is 6.03 Å². The number of benzene rings is 1. The standard InChI is InChI=1S/C19H18F2N4O3/c20-16(21)10-27-17-12(2-1-7-22-17)9-23-19(26)24-13-5-6-15-14(8-13)25-18(28-15)11-3-4-11/h1-2,5-8,11,16H,3-4,9-10H2,(H2,23,24,26). The number of anilines is 1. The molecule has 0 unspecified atom stereocenters. The molecular formula is C19H18F2N4O3. The minimum Gasteiger partial charge on any atom is -0.471 e. The van der Waals surface area contributed by atoms with Gasteiger partial charge in [-0.2, -0.15) is 0 Å². The quantitative estimate of drug-likeness (QED) is 0.637. The number of rotatable bonds is 7. The van der Waals surface area contributed by atoms with Crippen molar-refractivity contribution in [2.45, 2.75) is 31.7 Å². The number of hydrogen-bond donors (Lipinski definition) is 2. The largest absolute Gasteiger partial charge is 0.471 e. The fourth-order valence-electron chi connectivity index (χ4n) is 2.71. The molecule has 0 atom stereocenters. The Balaban J connectivity index is 1.36. The van der Waals surface area contributed by atoms with Crippen LogP contribution in [0.15, 0.2) is 40.9 Å². The summed E-state index contributed by atoms with van der Waals surface area (Å²) in [5.74, 6) is 1.22. The first-order valence-electron chi connectivity index (χ1n) is 8.88. The minimum atomic E-state index is -2.60. The molecule has 2 amide bonds. The van der Waals surface area contributed by atoms with E-state index < -0.39 is 19.1 Å². The van der Waals surface area contributed by atoms with Gasteiger partial charge in [-0.15, -0.1) is 0 Å². The third kappa shape index (κ3) is 4.36. The van der Waals surface area contributed by atoms with Gasteiger partial charge in [0, 0.05) is 29.9 Å². The van der Waals surface area contributed by atoms with E-state index in [1.807, 2.05) is 0 Å². The lowest BCUT2D eigenvalue weighted by molar-refractivity contribution is 0.0790. The number of nitrogens with zero attached hydrogens (tertiary/aromatic N) is 2. The Morgan fingerprint density at radius 2 is 2.18 bits per heavy atom. The summed E-state index contributed by atoms with van der Waals surface area (Å²) >= 11 is 0. The zero-order valence-corrected chi connectivity index (χ0v) is 14.8. The van der Waals surface area contributed by atoms with Crippen molar-refractivity contribution < 1.29 is 22.7 Å². The van der Waals surface area contributed by atoms with E-state index in [0.29, 0.717) is 28.3 Å². The number of carbonyl (C=O) groups is 1. The lowest BCUT2D eigenvalue weighted by Gasteiger charge is -2.11. The second-order valence-electron chi connectivity index (χ2n) is 6.49. The Kier molecular flexibility index (Phi) is 5.05. The molecule has 1 aliphatic carbocycles. The number of ether oxygens (including phenoxy) is 1. The van der Waals surface area contributed by atoms with Crippen LogP contribution in [0.2, 0.25) is 0 Å². The van der Waals surface area contributed by atoms with Crippen molar-refractivity contribution in [3.05, 3.63) is 48.0 Å². The summed E-state index contributed by atoms with van der Waals surface area (Å²) in [5, 5.41) is 5.37. The zero-order valence-electron chi connectivity index (χ0n) is 14.8. The zero-order chi connectivity index (χ0) is 19.5. The maximum Gasteiger partial charge on any atom is 0.319 e. The Labute approximate surface area is 159 Å². The van der Waals surface area contributed by atoms with E-state index in [0.717, 1.165) is 18.7 Å². The molecule has 1 fully saturated rings. The molecule has 0 radical (unpaired) electrons. The second-order valence-corrected chi connectivity index (χ2v) is 6.49. The summed E-state index contributed by atoms with van der Waals surface area (Å²) in [6.45, 7) is -0.674. The summed E-state index contributed by atoms with van der Waals surface area (Å²) in [5.41, 5.74) is 2.44. The molecule has 0 aliphatic heterocycles. The van der Waals surface area contributed by atoms with Gasteiger partial charge in [-0.3, -0.25) is 0 Å². The van der Waals surface area contributed by atoms with Crippen molar-refractivity contribution in [2.24, 2.45) is 0 Å². The monoisotopic (exact) mass is 388 g/mol. The molecule has 1 saturated carbocycles. The van der Waals surface area contributed by atoms with Gasteiger partial charge in [0.05, 0.1) is 0 Å². The maximum absolute atomic E-state index is 12.3. The molecule has 2 heterocycles. The predicted molar refractivity (Wildman–Crippen MR) is 97.6 cm³/mol. The second kappa shape index (κ2) is 7.79. The molecule has 0 saturated heterocycles. The molecular weight excluding hydrogens is 370 g/mol. The smallest absolute Gasteiger partial charge is 0.319 e. The number of fused-ring (bicyclic) bond motifs is 1. The van der Waals surface area contributed by atoms with E-state index in [1.165, 1.54) is 6.20 Å². The third-order valence-electron chi connectivity index (χ3n) is 4.22. The van der Waals surface area contributed by atoms with Crippen LogP contribution >= 0.6 is 0 Å². The molecule has 146 valence electrons. The van der Waals surface area contributed by atoms with Gasteiger partial charge in [0.25, 0.3) is 6.43 Å². The maximum atomic E-state index is 12.3. The first kappa shape index (κ1) is 18.1. The lowest BCUT2D eigenvalue weighted by atomic mass is 10.2. The fraction of sp³-hybridized carbons (Fsp3) is 0.316. The third-order valence-corrected chi connectivity index (χ3v) is 4.22. The Morgan fingerprint density at radius 3 is 2.96 bits per heavy atom. The van der Waals surface area contributed by atoms with E-state index in [4.69, 9.17) is 9.15 Å². The number of carbonyl (C=O) groups excluding carboxylic acids is 1. The lowest BCUT2D eigenvalue weighted by Crippen LogP contribution is -2.28. The van der Waals surface area contributed by atoms with Crippen LogP contribution in [-0.2, 0) is 6.54 Å². The number of halogens is 2. The average molecular weight is 388 g/mol. The van der Waals surface area contributed by atoms with Crippen molar-refractivity contribution in [3.63, 3.8) is 0 Å². The van der Waals surface area contributed by atoms with Crippen molar-refractivity contribution in [1.82, 2.24) is 15.3 Å². The van der Waals surface area contributed by atoms with E-state index in [2.05, 4.69) is 20.6 Å². The van der Waals surface area contributed by atoms with E-state index in [1.54, 1.807) is 30.3 Å². The van der Waals surface area contributed by atoms with Crippen LogP contribution < -0.4 is 15.4 Å². The minimum absolute atomic E-state index is 0.0692. The number of oxazole rings is 1. The number of hydrogen-bond acceptors (Lipinski definition) is 5. The van der Waals surface area contributed by atoms with Crippen molar-refractivity contribution >= 4 is 22.8 Å². The molecule has 7 nitrogen and oxygen atoms in total. The molecule has 9 heteroatoms. The number of amides is 2. The van der Waals surface area contributed by atoms with Gasteiger partial charge in [0.15, 0.2) is 18.1 Å². The topological polar surface area (TPSA) is 89.3 Å². The van der Waals surface area contributed by atoms with Gasteiger partial charge in [0.1, 0.15) is 5.52 Å². The number of aromatic nitrogens is 2. The van der Waals surface area contributed by atoms with E-state index >= 15 is 0 Å². The fourth-order valence-corrected chi connectivity index (χ4v) is 2.71. The molecule has 0 bridgehead atoms. The Bertz CT molecular complexity index is 988. The molecule has 2 aromatic heterocycles. The summed E-state index contributed by atoms with van der Waals surface area (Å²) in [7, 11) is 0. The van der Waals surface area contributed by atoms with Crippen molar-refractivity contribution in [2.75, 3.05) is 11.9 Å². The highest BCUT2D eigenvalue weighted by Crippen LogP contribution is 2.40. The van der Waals surface area contributed by atoms with Gasteiger partial charge in [-0.25, -0.2) is 23.5 Å². The molecule has 0 spiro atoms. The molecule has 4 rings (SSSR count). The van der Waals surface area contributed by atoms with E-state index in [-0.39, 0.29) is 12.4 Å². The van der Waals surface area contributed by atoms with Gasteiger partial charge in [-0.1, -0.05) is 6.07 Å². The normalized spacial score (nSPS) is 13.7. The molecule has 28 heavy (non-hydrogen) atoms. The van der Waals surface area contributed by atoms with Crippen LogP contribution in [0, 0.1) is 0 Å². The summed E-state index contributed by atoms with van der Waals surface area (Å²) < 4.78 is 35.3. The summed E-state index contributed by atoms with van der Waals surface area (Å²) in [6, 6.07) is 8.07. The molecule has 1 aromatic carbocycles. The summed E-state index contributed by atoms with van der Waals surface area (Å²) in [6.07, 6.45) is 1.03. The molecule has 1 aliphatic rings. The highest BCUT2D eigenvalue weighted by atomic mass is 19.3. The number of nitrogens with one attached hydrogen (secondary N) is 2. The highest BCUT2D eigenvalue weighted by Gasteiger charge is 2.28. The highest BCUT2D eigenvalue weighted by molar-refractivity contribution is 5.91. The van der Waals surface area contributed by atoms with Crippen LogP contribution in [-0.4, -0.2) is 29.0 Å². The predicted octanol–water partition coefficient (Wildman–Crippen LogP) is 4.07. The van der Waals surface area contributed by atoms with Crippen LogP contribution in [0.4, 0.5) is 19.3 Å². The van der Waals surface area contributed by atoms with Gasteiger partial charge in [0.2, 0.25) is 5.88 Å². The van der Waals surface area contributed by atoms with Gasteiger partial charge < -0.3 is 19.8 Å². The van der Waals surface area contributed by atoms with E-state index in [9.17, 15) is 13.6 Å². The Hall–Kier alpha value is -3.23. The van der Waals surface area contributed by atoms with Gasteiger partial charge in [-0.05, 0) is 37.1 Å². The SMILES string of the molecule is O=C(NCc1cccnc1OCC(F)F)Nc1ccc2oc(C3CC3)nc2c1. The Morgan fingerprint density at radius 1 is 1.32 bits per heavy atom. The number of alkyl halides is 2. The number of pyridine rings is 1. The van der Waals surface area contributed by atoms with Crippen molar-refractivity contribution in [3.8, 4) is 5.88 Å². The van der Waals surface area contributed by atoms with Crippen LogP contribution in [0.5, 0.6) is 5.88 Å². The number of urea groups is 1. The van der Waals surface area contributed by atoms with Crippen molar-refractivity contribution in [1.29, 1.82) is 0 Å². The first-order chi connectivity index (χ1) is 13.6. The van der Waals surface area contributed by atoms with Crippen LogP contribution in [0.3, 0.4) is 0 Å². The summed E-state index contributed by atoms with van der Waals surface area (Å²) in [4.78, 5) is 20.6.